The molecule has 2 amide bonds. The summed E-state index contributed by atoms with van der Waals surface area (Å²) in [5.74, 6) is -0.300. The third-order valence-electron chi connectivity index (χ3n) is 4.50. The first-order valence-corrected chi connectivity index (χ1v) is 7.91. The molecule has 2 N–H and O–H groups in total. The molecule has 1 saturated carbocycles. The average molecular weight is 312 g/mol. The van der Waals surface area contributed by atoms with E-state index in [-0.39, 0.29) is 23.8 Å². The maximum absolute atomic E-state index is 13.5. The number of urea groups is 1. The molecule has 1 fully saturated rings. The highest BCUT2D eigenvalue weighted by atomic mass is 19.1. The molecule has 1 aliphatic carbocycles. The van der Waals surface area contributed by atoms with Crippen molar-refractivity contribution in [3.05, 3.63) is 71.0 Å². The second-order valence-corrected chi connectivity index (χ2v) is 6.27. The summed E-state index contributed by atoms with van der Waals surface area (Å²) in [4.78, 5) is 11.9. The highest BCUT2D eigenvalue weighted by Crippen LogP contribution is 2.47. The van der Waals surface area contributed by atoms with Gasteiger partial charge in [-0.15, -0.1) is 0 Å². The van der Waals surface area contributed by atoms with Gasteiger partial charge < -0.3 is 10.6 Å². The Hall–Kier alpha value is -2.36. The van der Waals surface area contributed by atoms with Crippen molar-refractivity contribution in [1.82, 2.24) is 10.6 Å². The lowest BCUT2D eigenvalue weighted by molar-refractivity contribution is 0.239. The van der Waals surface area contributed by atoms with E-state index in [1.54, 1.807) is 18.2 Å². The number of hydrogen-bond acceptors (Lipinski definition) is 1. The molecule has 1 aliphatic rings. The van der Waals surface area contributed by atoms with Crippen LogP contribution in [-0.2, 0) is 12.0 Å². The van der Waals surface area contributed by atoms with Crippen LogP contribution in [0.1, 0.15) is 29.5 Å². The average Bonchev–Trinajstić information content (AvgIpc) is 3.34. The minimum atomic E-state index is -0.300. The Labute approximate surface area is 135 Å². The standard InChI is InChI=1S/C19H21FN2O/c1-14-6-8-16(9-7-14)19(10-11-19)13-22-18(23)21-12-15-4-2-3-5-17(15)20/h2-9H,10-13H2,1H3,(H2,21,22,23). The highest BCUT2D eigenvalue weighted by molar-refractivity contribution is 5.74. The fraction of sp³-hybridized carbons (Fsp3) is 0.316. The highest BCUT2D eigenvalue weighted by Gasteiger charge is 2.44. The number of halogens is 1. The Kier molecular flexibility index (Phi) is 4.33. The molecule has 3 rings (SSSR count). The first kappa shape index (κ1) is 15.5. The summed E-state index contributed by atoms with van der Waals surface area (Å²) in [7, 11) is 0. The predicted molar refractivity (Wildman–Crippen MR) is 88.7 cm³/mol. The van der Waals surface area contributed by atoms with E-state index in [4.69, 9.17) is 0 Å². The van der Waals surface area contributed by atoms with Gasteiger partial charge in [-0.05, 0) is 31.4 Å². The van der Waals surface area contributed by atoms with Crippen LogP contribution in [0.15, 0.2) is 48.5 Å². The number of hydrogen-bond donors (Lipinski definition) is 2. The van der Waals surface area contributed by atoms with Crippen LogP contribution >= 0.6 is 0 Å². The van der Waals surface area contributed by atoms with Crippen molar-refractivity contribution in [3.63, 3.8) is 0 Å². The molecule has 0 unspecified atom stereocenters. The molecule has 4 heteroatoms. The number of rotatable bonds is 5. The molecule has 120 valence electrons. The van der Waals surface area contributed by atoms with Gasteiger partial charge in [-0.1, -0.05) is 48.0 Å². The van der Waals surface area contributed by atoms with Crippen molar-refractivity contribution in [2.75, 3.05) is 6.54 Å². The molecule has 0 bridgehead atoms. The van der Waals surface area contributed by atoms with E-state index >= 15 is 0 Å². The summed E-state index contributed by atoms with van der Waals surface area (Å²) < 4.78 is 13.5. The summed E-state index contributed by atoms with van der Waals surface area (Å²) >= 11 is 0. The lowest BCUT2D eigenvalue weighted by atomic mass is 9.95. The zero-order valence-corrected chi connectivity index (χ0v) is 13.2. The van der Waals surface area contributed by atoms with E-state index in [9.17, 15) is 9.18 Å². The van der Waals surface area contributed by atoms with Gasteiger partial charge in [0.15, 0.2) is 0 Å². The molecule has 2 aromatic rings. The van der Waals surface area contributed by atoms with Crippen molar-refractivity contribution >= 4 is 6.03 Å². The largest absolute Gasteiger partial charge is 0.337 e. The second kappa shape index (κ2) is 6.41. The van der Waals surface area contributed by atoms with Crippen LogP contribution < -0.4 is 10.6 Å². The van der Waals surface area contributed by atoms with Crippen molar-refractivity contribution in [3.8, 4) is 0 Å². The SMILES string of the molecule is Cc1ccc(C2(CNC(=O)NCc3ccccc3F)CC2)cc1. The lowest BCUT2D eigenvalue weighted by Gasteiger charge is -2.17. The molecule has 2 aromatic carbocycles. The maximum Gasteiger partial charge on any atom is 0.315 e. The molecule has 23 heavy (non-hydrogen) atoms. The molecular weight excluding hydrogens is 291 g/mol. The number of aryl methyl sites for hydroxylation is 1. The molecule has 0 aliphatic heterocycles. The Bertz CT molecular complexity index is 693. The van der Waals surface area contributed by atoms with Crippen molar-refractivity contribution < 1.29 is 9.18 Å². The number of nitrogens with one attached hydrogen (secondary N) is 2. The number of benzene rings is 2. The molecule has 0 aromatic heterocycles. The van der Waals surface area contributed by atoms with Crippen LogP contribution in [0, 0.1) is 12.7 Å². The second-order valence-electron chi connectivity index (χ2n) is 6.27. The molecule has 0 saturated heterocycles. The number of carbonyl (C=O) groups excluding carboxylic acids is 1. The van der Waals surface area contributed by atoms with Gasteiger partial charge in [0.25, 0.3) is 0 Å². The summed E-state index contributed by atoms with van der Waals surface area (Å²) in [5, 5.41) is 5.63. The Balaban J connectivity index is 1.51. The maximum atomic E-state index is 13.5. The van der Waals surface area contributed by atoms with Crippen LogP contribution in [0.2, 0.25) is 0 Å². The fourth-order valence-corrected chi connectivity index (χ4v) is 2.75. The minimum Gasteiger partial charge on any atom is -0.337 e. The first-order chi connectivity index (χ1) is 11.1. The van der Waals surface area contributed by atoms with Gasteiger partial charge in [0.1, 0.15) is 5.82 Å². The van der Waals surface area contributed by atoms with E-state index in [0.717, 1.165) is 12.8 Å². The normalized spacial score (nSPS) is 15.0. The quantitative estimate of drug-likeness (QED) is 0.869. The Morgan fingerprint density at radius 2 is 1.78 bits per heavy atom. The van der Waals surface area contributed by atoms with Gasteiger partial charge in [-0.25, -0.2) is 9.18 Å². The Morgan fingerprint density at radius 1 is 1.09 bits per heavy atom. The van der Waals surface area contributed by atoms with Crippen molar-refractivity contribution in [2.45, 2.75) is 31.7 Å². The van der Waals surface area contributed by atoms with Gasteiger partial charge in [-0.3, -0.25) is 0 Å². The fourth-order valence-electron chi connectivity index (χ4n) is 2.75. The molecule has 0 spiro atoms. The van der Waals surface area contributed by atoms with Crippen LogP contribution in [-0.4, -0.2) is 12.6 Å². The van der Waals surface area contributed by atoms with Gasteiger partial charge in [0.2, 0.25) is 0 Å². The van der Waals surface area contributed by atoms with Crippen LogP contribution in [0.4, 0.5) is 9.18 Å². The Morgan fingerprint density at radius 3 is 2.43 bits per heavy atom. The molecule has 0 heterocycles. The molecule has 0 radical (unpaired) electrons. The summed E-state index contributed by atoms with van der Waals surface area (Å²) in [5.41, 5.74) is 3.07. The van der Waals surface area contributed by atoms with Gasteiger partial charge in [-0.2, -0.15) is 0 Å². The zero-order valence-electron chi connectivity index (χ0n) is 13.2. The third kappa shape index (κ3) is 3.70. The monoisotopic (exact) mass is 312 g/mol. The van der Waals surface area contributed by atoms with Crippen LogP contribution in [0.25, 0.3) is 0 Å². The van der Waals surface area contributed by atoms with E-state index in [0.29, 0.717) is 12.1 Å². The van der Waals surface area contributed by atoms with Crippen molar-refractivity contribution in [2.24, 2.45) is 0 Å². The van der Waals surface area contributed by atoms with E-state index in [1.807, 2.05) is 0 Å². The topological polar surface area (TPSA) is 41.1 Å². The summed E-state index contributed by atoms with van der Waals surface area (Å²) in [6, 6.07) is 14.7. The van der Waals surface area contributed by atoms with Gasteiger partial charge >= 0.3 is 6.03 Å². The smallest absolute Gasteiger partial charge is 0.315 e. The molecule has 3 nitrogen and oxygen atoms in total. The minimum absolute atomic E-state index is 0.0725. The van der Waals surface area contributed by atoms with Crippen LogP contribution in [0.5, 0.6) is 0 Å². The van der Waals surface area contributed by atoms with Crippen molar-refractivity contribution in [1.29, 1.82) is 0 Å². The third-order valence-corrected chi connectivity index (χ3v) is 4.50. The van der Waals surface area contributed by atoms with E-state index < -0.39 is 0 Å². The molecule has 0 atom stereocenters. The molecular formula is C19H21FN2O. The van der Waals surface area contributed by atoms with Gasteiger partial charge in [0, 0.05) is 24.1 Å². The van der Waals surface area contributed by atoms with Crippen LogP contribution in [0.3, 0.4) is 0 Å². The van der Waals surface area contributed by atoms with Gasteiger partial charge in [0.05, 0.1) is 0 Å². The zero-order chi connectivity index (χ0) is 16.3. The first-order valence-electron chi connectivity index (χ1n) is 7.91. The van der Waals surface area contributed by atoms with E-state index in [2.05, 4.69) is 41.8 Å². The lowest BCUT2D eigenvalue weighted by Crippen LogP contribution is -2.39. The number of amides is 2. The predicted octanol–water partition coefficient (Wildman–Crippen LogP) is 3.67. The summed E-state index contributed by atoms with van der Waals surface area (Å²) in [6.45, 7) is 2.87. The summed E-state index contributed by atoms with van der Waals surface area (Å²) in [6.07, 6.45) is 2.17. The van der Waals surface area contributed by atoms with E-state index in [1.165, 1.54) is 17.2 Å². The number of carbonyl (C=O) groups is 1.